The van der Waals surface area contributed by atoms with E-state index in [2.05, 4.69) is 10.7 Å². The van der Waals surface area contributed by atoms with Gasteiger partial charge in [-0.3, -0.25) is 4.68 Å². The zero-order valence-corrected chi connectivity index (χ0v) is 13.2. The number of rotatable bonds is 4. The van der Waals surface area contributed by atoms with Crippen LogP contribution in [0.4, 0.5) is 0 Å². The highest BCUT2D eigenvalue weighted by molar-refractivity contribution is 5.29. The van der Waals surface area contributed by atoms with Crippen LogP contribution >= 0.6 is 0 Å². The minimum Gasteiger partial charge on any atom is -0.508 e. The van der Waals surface area contributed by atoms with E-state index in [9.17, 15) is 5.11 Å². The quantitative estimate of drug-likeness (QED) is 0.904. The van der Waals surface area contributed by atoms with Gasteiger partial charge >= 0.3 is 0 Å². The van der Waals surface area contributed by atoms with Gasteiger partial charge < -0.3 is 10.8 Å². The van der Waals surface area contributed by atoms with Crippen molar-refractivity contribution in [2.24, 2.45) is 5.73 Å². The largest absolute Gasteiger partial charge is 0.508 e. The van der Waals surface area contributed by atoms with Gasteiger partial charge in [-0.15, -0.1) is 0 Å². The molecule has 0 radical (unpaired) electrons. The highest BCUT2D eigenvalue weighted by atomic mass is 16.3. The summed E-state index contributed by atoms with van der Waals surface area (Å²) in [6.07, 6.45) is 7.17. The standard InChI is InChI=1S/C18H25N3O/c1-13(19)18-12-16(11-14-7-9-17(22)10-8-14)21(20-18)15-5-3-2-4-6-15/h7-10,12-13,15,22H,2-6,11,19H2,1H3. The van der Waals surface area contributed by atoms with Crippen molar-refractivity contribution < 1.29 is 5.11 Å². The molecule has 1 aromatic heterocycles. The number of benzene rings is 1. The zero-order chi connectivity index (χ0) is 15.5. The van der Waals surface area contributed by atoms with Crippen molar-refractivity contribution in [3.8, 4) is 5.75 Å². The van der Waals surface area contributed by atoms with Crippen molar-refractivity contribution in [1.82, 2.24) is 9.78 Å². The van der Waals surface area contributed by atoms with Gasteiger partial charge in [0.15, 0.2) is 0 Å². The summed E-state index contributed by atoms with van der Waals surface area (Å²) >= 11 is 0. The second kappa shape index (κ2) is 6.53. The van der Waals surface area contributed by atoms with Gasteiger partial charge in [0, 0.05) is 18.2 Å². The summed E-state index contributed by atoms with van der Waals surface area (Å²) in [7, 11) is 0. The van der Waals surface area contributed by atoms with E-state index < -0.39 is 0 Å². The topological polar surface area (TPSA) is 64.1 Å². The summed E-state index contributed by atoms with van der Waals surface area (Å²) in [5.74, 6) is 0.306. The Morgan fingerprint density at radius 1 is 1.23 bits per heavy atom. The monoisotopic (exact) mass is 299 g/mol. The molecule has 3 rings (SSSR count). The molecule has 1 heterocycles. The number of aromatic hydroxyl groups is 1. The van der Waals surface area contributed by atoms with Crippen molar-refractivity contribution >= 4 is 0 Å². The number of hydrogen-bond donors (Lipinski definition) is 2. The Kier molecular flexibility index (Phi) is 4.48. The first-order chi connectivity index (χ1) is 10.6. The van der Waals surface area contributed by atoms with Gasteiger partial charge in [-0.25, -0.2) is 0 Å². The maximum absolute atomic E-state index is 9.42. The second-order valence-electron chi connectivity index (χ2n) is 6.43. The SMILES string of the molecule is CC(N)c1cc(Cc2ccc(O)cc2)n(C2CCCCC2)n1. The van der Waals surface area contributed by atoms with Gasteiger partial charge in [-0.2, -0.15) is 5.10 Å². The molecule has 2 aromatic rings. The predicted molar refractivity (Wildman–Crippen MR) is 87.9 cm³/mol. The summed E-state index contributed by atoms with van der Waals surface area (Å²) in [6, 6.07) is 10.0. The first-order valence-electron chi connectivity index (χ1n) is 8.25. The predicted octanol–water partition coefficient (Wildman–Crippen LogP) is 3.70. The smallest absolute Gasteiger partial charge is 0.115 e. The molecule has 1 fully saturated rings. The molecule has 1 atom stereocenters. The lowest BCUT2D eigenvalue weighted by Gasteiger charge is -2.24. The number of hydrogen-bond acceptors (Lipinski definition) is 3. The van der Waals surface area contributed by atoms with E-state index >= 15 is 0 Å². The van der Waals surface area contributed by atoms with Gasteiger partial charge in [0.25, 0.3) is 0 Å². The van der Waals surface area contributed by atoms with Gasteiger partial charge in [0.2, 0.25) is 0 Å². The van der Waals surface area contributed by atoms with Crippen LogP contribution < -0.4 is 5.73 Å². The molecule has 0 aliphatic heterocycles. The molecule has 22 heavy (non-hydrogen) atoms. The Hall–Kier alpha value is -1.81. The summed E-state index contributed by atoms with van der Waals surface area (Å²) < 4.78 is 2.21. The summed E-state index contributed by atoms with van der Waals surface area (Å²) in [6.45, 7) is 1.98. The van der Waals surface area contributed by atoms with Crippen LogP contribution in [0.25, 0.3) is 0 Å². The molecule has 118 valence electrons. The Morgan fingerprint density at radius 3 is 2.55 bits per heavy atom. The molecule has 1 unspecified atom stereocenters. The third-order valence-corrected chi connectivity index (χ3v) is 4.54. The lowest BCUT2D eigenvalue weighted by Crippen LogP contribution is -2.17. The lowest BCUT2D eigenvalue weighted by molar-refractivity contribution is 0.321. The maximum atomic E-state index is 9.42. The third-order valence-electron chi connectivity index (χ3n) is 4.54. The highest BCUT2D eigenvalue weighted by Crippen LogP contribution is 2.30. The minimum absolute atomic E-state index is 0.0385. The molecule has 1 aromatic carbocycles. The van der Waals surface area contributed by atoms with Crippen LogP contribution in [-0.2, 0) is 6.42 Å². The lowest BCUT2D eigenvalue weighted by atomic mass is 9.95. The molecule has 1 saturated carbocycles. The maximum Gasteiger partial charge on any atom is 0.115 e. The Bertz CT molecular complexity index is 610. The van der Waals surface area contributed by atoms with Crippen LogP contribution in [0.15, 0.2) is 30.3 Å². The first-order valence-corrected chi connectivity index (χ1v) is 8.25. The molecule has 0 amide bonds. The fourth-order valence-electron chi connectivity index (χ4n) is 3.27. The number of phenols is 1. The minimum atomic E-state index is -0.0385. The van der Waals surface area contributed by atoms with Crippen molar-refractivity contribution in [2.75, 3.05) is 0 Å². The first kappa shape index (κ1) is 15.1. The third kappa shape index (κ3) is 3.33. The molecule has 4 heteroatoms. The van der Waals surface area contributed by atoms with Gasteiger partial charge in [-0.05, 0) is 43.5 Å². The van der Waals surface area contributed by atoms with Crippen molar-refractivity contribution in [1.29, 1.82) is 0 Å². The Morgan fingerprint density at radius 2 is 1.91 bits per heavy atom. The van der Waals surface area contributed by atoms with E-state index in [0.29, 0.717) is 11.8 Å². The van der Waals surface area contributed by atoms with Crippen molar-refractivity contribution in [3.63, 3.8) is 0 Å². The van der Waals surface area contributed by atoms with Gasteiger partial charge in [-0.1, -0.05) is 31.4 Å². The fraction of sp³-hybridized carbons (Fsp3) is 0.500. The van der Waals surface area contributed by atoms with Crippen LogP contribution in [0.5, 0.6) is 5.75 Å². The van der Waals surface area contributed by atoms with E-state index in [1.165, 1.54) is 43.4 Å². The number of phenolic OH excluding ortho intramolecular Hbond substituents is 1. The molecule has 0 spiro atoms. The van der Waals surface area contributed by atoms with Crippen LogP contribution in [-0.4, -0.2) is 14.9 Å². The summed E-state index contributed by atoms with van der Waals surface area (Å²) in [5, 5.41) is 14.2. The molecular formula is C18H25N3O. The molecule has 3 N–H and O–H groups in total. The van der Waals surface area contributed by atoms with Crippen LogP contribution in [0.3, 0.4) is 0 Å². The van der Waals surface area contributed by atoms with E-state index in [0.717, 1.165) is 12.1 Å². The fourth-order valence-corrected chi connectivity index (χ4v) is 3.27. The summed E-state index contributed by atoms with van der Waals surface area (Å²) in [5.41, 5.74) is 9.41. The molecule has 1 aliphatic rings. The number of aromatic nitrogens is 2. The average Bonchev–Trinajstić information content (AvgIpc) is 2.95. The van der Waals surface area contributed by atoms with E-state index in [1.807, 2.05) is 19.1 Å². The average molecular weight is 299 g/mol. The Balaban J connectivity index is 1.88. The number of nitrogens with two attached hydrogens (primary N) is 1. The molecule has 0 saturated heterocycles. The highest BCUT2D eigenvalue weighted by Gasteiger charge is 2.20. The van der Waals surface area contributed by atoms with E-state index in [-0.39, 0.29) is 6.04 Å². The van der Waals surface area contributed by atoms with Gasteiger partial charge in [0.05, 0.1) is 11.7 Å². The molecule has 4 nitrogen and oxygen atoms in total. The Labute approximate surface area is 132 Å². The van der Waals surface area contributed by atoms with Gasteiger partial charge in [0.1, 0.15) is 5.75 Å². The molecule has 1 aliphatic carbocycles. The van der Waals surface area contributed by atoms with E-state index in [4.69, 9.17) is 10.8 Å². The van der Waals surface area contributed by atoms with Crippen molar-refractivity contribution in [2.45, 2.75) is 57.5 Å². The second-order valence-corrected chi connectivity index (χ2v) is 6.43. The number of nitrogens with zero attached hydrogens (tertiary/aromatic N) is 2. The zero-order valence-electron chi connectivity index (χ0n) is 13.2. The van der Waals surface area contributed by atoms with Crippen LogP contribution in [0.2, 0.25) is 0 Å². The van der Waals surface area contributed by atoms with Crippen LogP contribution in [0, 0.1) is 0 Å². The molecular weight excluding hydrogens is 274 g/mol. The van der Waals surface area contributed by atoms with E-state index in [1.54, 1.807) is 12.1 Å². The molecule has 0 bridgehead atoms. The van der Waals surface area contributed by atoms with Crippen LogP contribution in [0.1, 0.15) is 68.1 Å². The van der Waals surface area contributed by atoms with Crippen molar-refractivity contribution in [3.05, 3.63) is 47.3 Å². The summed E-state index contributed by atoms with van der Waals surface area (Å²) in [4.78, 5) is 0. The normalized spacial score (nSPS) is 17.5.